The van der Waals surface area contributed by atoms with Gasteiger partial charge in [0.25, 0.3) is 0 Å². The number of rotatable bonds is 2. The van der Waals surface area contributed by atoms with Gasteiger partial charge < -0.3 is 4.57 Å². The molecule has 3 nitrogen and oxygen atoms in total. The average molecular weight is 324 g/mol. The molecule has 0 aliphatic carbocycles. The third kappa shape index (κ3) is 2.37. The summed E-state index contributed by atoms with van der Waals surface area (Å²) in [6.07, 6.45) is 3.32. The molecule has 2 heterocycles. The molecule has 0 saturated heterocycles. The summed E-state index contributed by atoms with van der Waals surface area (Å²) in [7, 11) is 0. The zero-order valence-corrected chi connectivity index (χ0v) is 12.7. The van der Waals surface area contributed by atoms with Crippen molar-refractivity contribution >= 4 is 22.6 Å². The van der Waals surface area contributed by atoms with Gasteiger partial charge in [-0.05, 0) is 23.8 Å². The van der Waals surface area contributed by atoms with Gasteiger partial charge in [0.15, 0.2) is 0 Å². The standard InChI is InChI=1S/C18H11ClFN3/c19-17-16-15(12-5-2-1-3-6-12)10-23(18(16)22-11-21-17)14-8-4-7-13(20)9-14/h1-11H. The molecule has 0 amide bonds. The number of fused-ring (bicyclic) bond motifs is 1. The van der Waals surface area contributed by atoms with E-state index in [1.807, 2.05) is 47.2 Å². The molecule has 112 valence electrons. The highest BCUT2D eigenvalue weighted by molar-refractivity contribution is 6.35. The molecule has 0 unspecified atom stereocenters. The first-order valence-corrected chi connectivity index (χ1v) is 7.45. The van der Waals surface area contributed by atoms with E-state index in [-0.39, 0.29) is 5.82 Å². The van der Waals surface area contributed by atoms with Crippen molar-refractivity contribution in [3.05, 3.63) is 78.1 Å². The van der Waals surface area contributed by atoms with E-state index in [0.29, 0.717) is 16.5 Å². The quantitative estimate of drug-likeness (QED) is 0.492. The Kier molecular flexibility index (Phi) is 3.32. The Bertz CT molecular complexity index is 996. The highest BCUT2D eigenvalue weighted by Crippen LogP contribution is 2.34. The third-order valence-electron chi connectivity index (χ3n) is 3.71. The predicted molar refractivity (Wildman–Crippen MR) is 89.3 cm³/mol. The molecule has 0 aliphatic rings. The molecule has 0 N–H and O–H groups in total. The molecule has 0 aliphatic heterocycles. The second-order valence-electron chi connectivity index (χ2n) is 5.12. The lowest BCUT2D eigenvalue weighted by Crippen LogP contribution is -1.94. The fourth-order valence-electron chi connectivity index (χ4n) is 2.68. The van der Waals surface area contributed by atoms with E-state index in [4.69, 9.17) is 11.6 Å². The maximum absolute atomic E-state index is 13.6. The van der Waals surface area contributed by atoms with Crippen LogP contribution in [0.1, 0.15) is 0 Å². The van der Waals surface area contributed by atoms with Crippen LogP contribution in [-0.4, -0.2) is 14.5 Å². The molecule has 23 heavy (non-hydrogen) atoms. The van der Waals surface area contributed by atoms with Crippen LogP contribution in [0.5, 0.6) is 0 Å². The summed E-state index contributed by atoms with van der Waals surface area (Å²) >= 11 is 6.31. The highest BCUT2D eigenvalue weighted by atomic mass is 35.5. The molecule has 2 aromatic heterocycles. The van der Waals surface area contributed by atoms with E-state index >= 15 is 0 Å². The van der Waals surface area contributed by atoms with Crippen LogP contribution in [0.2, 0.25) is 5.15 Å². The zero-order chi connectivity index (χ0) is 15.8. The van der Waals surface area contributed by atoms with Crippen molar-refractivity contribution in [2.24, 2.45) is 0 Å². The third-order valence-corrected chi connectivity index (χ3v) is 3.99. The van der Waals surface area contributed by atoms with E-state index in [0.717, 1.165) is 16.5 Å². The van der Waals surface area contributed by atoms with Crippen molar-refractivity contribution in [2.45, 2.75) is 0 Å². The maximum atomic E-state index is 13.6. The van der Waals surface area contributed by atoms with Crippen molar-refractivity contribution in [3.8, 4) is 16.8 Å². The van der Waals surface area contributed by atoms with E-state index in [9.17, 15) is 4.39 Å². The number of hydrogen-bond acceptors (Lipinski definition) is 2. The summed E-state index contributed by atoms with van der Waals surface area (Å²) in [5, 5.41) is 1.13. The molecule has 5 heteroatoms. The van der Waals surface area contributed by atoms with Crippen molar-refractivity contribution in [1.29, 1.82) is 0 Å². The van der Waals surface area contributed by atoms with Crippen LogP contribution in [-0.2, 0) is 0 Å². The van der Waals surface area contributed by atoms with Gasteiger partial charge in [-0.25, -0.2) is 14.4 Å². The minimum absolute atomic E-state index is 0.300. The van der Waals surface area contributed by atoms with Gasteiger partial charge in [-0.15, -0.1) is 0 Å². The van der Waals surface area contributed by atoms with Gasteiger partial charge in [-0.3, -0.25) is 0 Å². The number of halogens is 2. The molecule has 4 aromatic rings. The van der Waals surface area contributed by atoms with Gasteiger partial charge in [0.2, 0.25) is 0 Å². The number of nitrogens with zero attached hydrogens (tertiary/aromatic N) is 3. The van der Waals surface area contributed by atoms with Crippen LogP contribution < -0.4 is 0 Å². The molecular weight excluding hydrogens is 313 g/mol. The molecule has 0 atom stereocenters. The van der Waals surface area contributed by atoms with E-state index < -0.39 is 0 Å². The predicted octanol–water partition coefficient (Wildman–Crippen LogP) is 4.88. The largest absolute Gasteiger partial charge is 0.300 e. The van der Waals surface area contributed by atoms with E-state index in [1.54, 1.807) is 6.07 Å². The van der Waals surface area contributed by atoms with E-state index in [2.05, 4.69) is 9.97 Å². The Hall–Kier alpha value is -2.72. The summed E-state index contributed by atoms with van der Waals surface area (Å²) in [5.74, 6) is -0.300. The molecule has 0 spiro atoms. The summed E-state index contributed by atoms with van der Waals surface area (Å²) in [6, 6.07) is 16.2. The molecule has 2 aromatic carbocycles. The van der Waals surface area contributed by atoms with Crippen LogP contribution in [0.3, 0.4) is 0 Å². The van der Waals surface area contributed by atoms with Gasteiger partial charge in [0.1, 0.15) is 22.9 Å². The van der Waals surface area contributed by atoms with Crippen LogP contribution >= 0.6 is 11.6 Å². The van der Waals surface area contributed by atoms with Crippen molar-refractivity contribution < 1.29 is 4.39 Å². The van der Waals surface area contributed by atoms with Crippen LogP contribution in [0.4, 0.5) is 4.39 Å². The fourth-order valence-corrected chi connectivity index (χ4v) is 2.91. The molecule has 0 fully saturated rings. The zero-order valence-electron chi connectivity index (χ0n) is 11.9. The van der Waals surface area contributed by atoms with Crippen LogP contribution in [0.25, 0.3) is 27.8 Å². The maximum Gasteiger partial charge on any atom is 0.150 e. The second kappa shape index (κ2) is 5.48. The Morgan fingerprint density at radius 1 is 0.957 bits per heavy atom. The number of aromatic nitrogens is 3. The minimum Gasteiger partial charge on any atom is -0.300 e. The summed E-state index contributed by atoms with van der Waals surface area (Å²) in [6.45, 7) is 0. The van der Waals surface area contributed by atoms with Crippen LogP contribution in [0.15, 0.2) is 67.1 Å². The topological polar surface area (TPSA) is 30.7 Å². The van der Waals surface area contributed by atoms with Crippen molar-refractivity contribution in [1.82, 2.24) is 14.5 Å². The Morgan fingerprint density at radius 2 is 1.78 bits per heavy atom. The monoisotopic (exact) mass is 323 g/mol. The Labute approximate surface area is 137 Å². The minimum atomic E-state index is -0.300. The van der Waals surface area contributed by atoms with E-state index in [1.165, 1.54) is 18.5 Å². The average Bonchev–Trinajstić information content (AvgIpc) is 2.97. The SMILES string of the molecule is Fc1cccc(-n2cc(-c3ccccc3)c3c(Cl)ncnc32)c1. The van der Waals surface area contributed by atoms with Gasteiger partial charge >= 0.3 is 0 Å². The number of hydrogen-bond donors (Lipinski definition) is 0. The summed E-state index contributed by atoms with van der Waals surface area (Å²) in [5.41, 5.74) is 3.25. The first-order chi connectivity index (χ1) is 11.2. The Morgan fingerprint density at radius 3 is 2.57 bits per heavy atom. The first kappa shape index (κ1) is 13.9. The number of benzene rings is 2. The molecule has 0 bridgehead atoms. The van der Waals surface area contributed by atoms with Crippen LogP contribution in [0, 0.1) is 5.82 Å². The molecular formula is C18H11ClFN3. The first-order valence-electron chi connectivity index (χ1n) is 7.07. The lowest BCUT2D eigenvalue weighted by Gasteiger charge is -2.04. The van der Waals surface area contributed by atoms with Crippen molar-refractivity contribution in [2.75, 3.05) is 0 Å². The highest BCUT2D eigenvalue weighted by Gasteiger charge is 2.16. The smallest absolute Gasteiger partial charge is 0.150 e. The second-order valence-corrected chi connectivity index (χ2v) is 5.48. The van der Waals surface area contributed by atoms with Crippen molar-refractivity contribution in [3.63, 3.8) is 0 Å². The van der Waals surface area contributed by atoms with Gasteiger partial charge in [-0.2, -0.15) is 0 Å². The fraction of sp³-hybridized carbons (Fsp3) is 0. The van der Waals surface area contributed by atoms with Gasteiger partial charge in [-0.1, -0.05) is 48.0 Å². The lowest BCUT2D eigenvalue weighted by atomic mass is 10.1. The van der Waals surface area contributed by atoms with Gasteiger partial charge in [0.05, 0.1) is 5.39 Å². The Balaban J connectivity index is 2.06. The normalized spacial score (nSPS) is 11.0. The lowest BCUT2D eigenvalue weighted by molar-refractivity contribution is 0.627. The molecule has 0 radical (unpaired) electrons. The summed E-state index contributed by atoms with van der Waals surface area (Å²) in [4.78, 5) is 8.42. The summed E-state index contributed by atoms with van der Waals surface area (Å²) < 4.78 is 15.4. The molecule has 0 saturated carbocycles. The molecule has 4 rings (SSSR count). The van der Waals surface area contributed by atoms with Gasteiger partial charge in [0, 0.05) is 17.4 Å².